The summed E-state index contributed by atoms with van der Waals surface area (Å²) in [5.41, 5.74) is 4.91. The zero-order valence-corrected chi connectivity index (χ0v) is 24.8. The van der Waals surface area contributed by atoms with Gasteiger partial charge >= 0.3 is 0 Å². The van der Waals surface area contributed by atoms with E-state index in [9.17, 15) is 4.79 Å². The van der Waals surface area contributed by atoms with Gasteiger partial charge in [0, 0.05) is 38.7 Å². The number of benzene rings is 3. The molecule has 0 aliphatic rings. The molecule has 2 aromatic heterocycles. The molecule has 2 heterocycles. The summed E-state index contributed by atoms with van der Waals surface area (Å²) < 4.78 is 11.6. The Morgan fingerprint density at radius 1 is 0.825 bits per heavy atom. The van der Waals surface area contributed by atoms with Crippen LogP contribution in [-0.2, 0) is 4.79 Å². The second-order valence-corrected chi connectivity index (χ2v) is 11.3. The van der Waals surface area contributed by atoms with E-state index in [1.54, 1.807) is 14.2 Å². The molecule has 5 aromatic rings. The molecule has 1 amide bonds. The lowest BCUT2D eigenvalue weighted by Crippen LogP contribution is -2.12. The molecular weight excluding hydrogens is 610 g/mol. The Morgan fingerprint density at radius 2 is 1.43 bits per heavy atom. The van der Waals surface area contributed by atoms with Crippen LogP contribution in [0.3, 0.4) is 0 Å². The predicted octanol–water partition coefficient (Wildman–Crippen LogP) is 7.23. The summed E-state index contributed by atoms with van der Waals surface area (Å²) in [6, 6.07) is 23.1. The van der Waals surface area contributed by atoms with Crippen molar-refractivity contribution in [2.24, 2.45) is 0 Å². The molecule has 0 aliphatic heterocycles. The van der Waals surface area contributed by atoms with E-state index in [0.29, 0.717) is 27.4 Å². The van der Waals surface area contributed by atoms with Gasteiger partial charge in [0.2, 0.25) is 11.1 Å². The average molecular weight is 635 g/mol. The fourth-order valence-corrected chi connectivity index (χ4v) is 5.49. The molecule has 40 heavy (non-hydrogen) atoms. The summed E-state index contributed by atoms with van der Waals surface area (Å²) >= 11 is 6.21. The highest BCUT2D eigenvalue weighted by molar-refractivity contribution is 9.10. The fourth-order valence-electron chi connectivity index (χ4n) is 3.77. The zero-order chi connectivity index (χ0) is 27.9. The minimum Gasteiger partial charge on any atom is -0.497 e. The summed E-state index contributed by atoms with van der Waals surface area (Å²) in [4.78, 5) is 21.9. The van der Waals surface area contributed by atoms with E-state index < -0.39 is 0 Å². The third-order valence-corrected chi connectivity index (χ3v) is 7.97. The molecule has 0 saturated heterocycles. The van der Waals surface area contributed by atoms with Crippen LogP contribution in [0.15, 0.2) is 87.8 Å². The molecule has 1 N–H and O–H groups in total. The third kappa shape index (κ3) is 6.85. The van der Waals surface area contributed by atoms with E-state index in [0.717, 1.165) is 38.4 Å². The van der Waals surface area contributed by atoms with Crippen LogP contribution in [0, 0.1) is 0 Å². The first-order valence-corrected chi connectivity index (χ1v) is 14.9. The molecule has 0 aliphatic carbocycles. The van der Waals surface area contributed by atoms with Crippen LogP contribution in [0.2, 0.25) is 0 Å². The maximum Gasteiger partial charge on any atom is 0.226 e. The average Bonchev–Trinajstić information content (AvgIpc) is 3.46. The number of nitrogens with one attached hydrogen (secondary N) is 1. The smallest absolute Gasteiger partial charge is 0.226 e. The first-order chi connectivity index (χ1) is 19.5. The predicted molar refractivity (Wildman–Crippen MR) is 163 cm³/mol. The van der Waals surface area contributed by atoms with E-state index in [1.165, 1.54) is 23.1 Å². The largest absolute Gasteiger partial charge is 0.497 e. The number of ether oxygens (including phenoxy) is 2. The molecule has 0 radical (unpaired) electrons. The number of methoxy groups -OCH3 is 2. The standard InChI is InChI=1S/C29H24BrN5O3S2/c1-37-22-11-5-19(6-12-22)26-27(20-7-13-23(38-2)14-8-20)34-35-29(33-26)39-16-15-25(36)32-28-31-24(17-40-28)18-3-9-21(30)10-4-18/h3-14,17H,15-16H2,1-2H3,(H,31,32,36). The number of thioether (sulfide) groups is 1. The van der Waals surface area contributed by atoms with Crippen LogP contribution in [-0.4, -0.2) is 46.0 Å². The maximum absolute atomic E-state index is 12.6. The van der Waals surface area contributed by atoms with E-state index in [4.69, 9.17) is 14.5 Å². The molecule has 3 aromatic carbocycles. The molecule has 0 unspecified atom stereocenters. The number of thiazole rings is 1. The molecule has 5 rings (SSSR count). The van der Waals surface area contributed by atoms with Crippen molar-refractivity contribution in [3.05, 3.63) is 82.6 Å². The summed E-state index contributed by atoms with van der Waals surface area (Å²) in [7, 11) is 3.26. The van der Waals surface area contributed by atoms with Crippen molar-refractivity contribution in [3.8, 4) is 45.3 Å². The Hall–Kier alpha value is -3.80. The number of carbonyl (C=O) groups is 1. The van der Waals surface area contributed by atoms with Crippen LogP contribution >= 0.6 is 39.0 Å². The summed E-state index contributed by atoms with van der Waals surface area (Å²) in [5.74, 6) is 1.87. The Morgan fingerprint density at radius 3 is 2.05 bits per heavy atom. The lowest BCUT2D eigenvalue weighted by atomic mass is 10.0. The van der Waals surface area contributed by atoms with Gasteiger partial charge in [0.15, 0.2) is 5.13 Å². The van der Waals surface area contributed by atoms with Crippen molar-refractivity contribution >= 4 is 50.1 Å². The Bertz CT molecular complexity index is 1590. The number of aromatic nitrogens is 4. The van der Waals surface area contributed by atoms with Gasteiger partial charge in [0.05, 0.1) is 19.9 Å². The lowest BCUT2D eigenvalue weighted by Gasteiger charge is -2.10. The molecule has 202 valence electrons. The van der Waals surface area contributed by atoms with Crippen molar-refractivity contribution in [2.75, 3.05) is 25.3 Å². The molecule has 0 spiro atoms. The number of hydrogen-bond donors (Lipinski definition) is 1. The fraction of sp³-hybridized carbons (Fsp3) is 0.138. The zero-order valence-electron chi connectivity index (χ0n) is 21.6. The second kappa shape index (κ2) is 13.0. The quantitative estimate of drug-likeness (QED) is 0.161. The summed E-state index contributed by atoms with van der Waals surface area (Å²) in [6.07, 6.45) is 0.277. The lowest BCUT2D eigenvalue weighted by molar-refractivity contribution is -0.115. The molecule has 0 bridgehead atoms. The summed E-state index contributed by atoms with van der Waals surface area (Å²) in [5, 5.41) is 14.7. The van der Waals surface area contributed by atoms with Crippen LogP contribution in [0.1, 0.15) is 6.42 Å². The number of carbonyl (C=O) groups excluding carboxylic acids is 1. The van der Waals surface area contributed by atoms with Crippen LogP contribution in [0.5, 0.6) is 11.5 Å². The van der Waals surface area contributed by atoms with Gasteiger partial charge in [0.1, 0.15) is 22.9 Å². The number of anilines is 1. The molecule has 0 fully saturated rings. The topological polar surface area (TPSA) is 99.1 Å². The van der Waals surface area contributed by atoms with Gasteiger partial charge in [-0.25, -0.2) is 9.97 Å². The second-order valence-electron chi connectivity index (χ2n) is 8.44. The van der Waals surface area contributed by atoms with Gasteiger partial charge < -0.3 is 14.8 Å². The molecular formula is C29H24BrN5O3S2. The maximum atomic E-state index is 12.6. The van der Waals surface area contributed by atoms with Crippen molar-refractivity contribution in [2.45, 2.75) is 11.6 Å². The number of halogens is 1. The highest BCUT2D eigenvalue weighted by Crippen LogP contribution is 2.32. The Balaban J connectivity index is 1.26. The van der Waals surface area contributed by atoms with E-state index in [1.807, 2.05) is 78.2 Å². The highest BCUT2D eigenvalue weighted by atomic mass is 79.9. The number of nitrogens with zero attached hydrogens (tertiary/aromatic N) is 4. The van der Waals surface area contributed by atoms with E-state index in [-0.39, 0.29) is 12.3 Å². The van der Waals surface area contributed by atoms with Gasteiger partial charge in [-0.15, -0.1) is 21.5 Å². The highest BCUT2D eigenvalue weighted by Gasteiger charge is 2.15. The first kappa shape index (κ1) is 27.8. The number of hydrogen-bond acceptors (Lipinski definition) is 9. The Kier molecular flexibility index (Phi) is 9.04. The SMILES string of the molecule is COc1ccc(-c2nnc(SCCC(=O)Nc3nc(-c4ccc(Br)cc4)cs3)nc2-c2ccc(OC)cc2)cc1. The van der Waals surface area contributed by atoms with Crippen LogP contribution in [0.4, 0.5) is 5.13 Å². The van der Waals surface area contributed by atoms with E-state index in [2.05, 4.69) is 36.4 Å². The van der Waals surface area contributed by atoms with Gasteiger partial charge in [0.25, 0.3) is 0 Å². The molecule has 8 nitrogen and oxygen atoms in total. The minimum absolute atomic E-state index is 0.123. The van der Waals surface area contributed by atoms with Gasteiger partial charge in [-0.3, -0.25) is 4.79 Å². The third-order valence-electron chi connectivity index (χ3n) is 5.85. The molecule has 0 saturated carbocycles. The Labute approximate surface area is 248 Å². The van der Waals surface area contributed by atoms with Crippen molar-refractivity contribution < 1.29 is 14.3 Å². The van der Waals surface area contributed by atoms with E-state index >= 15 is 0 Å². The number of amides is 1. The minimum atomic E-state index is -0.123. The monoisotopic (exact) mass is 633 g/mol. The van der Waals surface area contributed by atoms with Crippen molar-refractivity contribution in [1.82, 2.24) is 20.2 Å². The molecule has 0 atom stereocenters. The van der Waals surface area contributed by atoms with Gasteiger partial charge in [-0.1, -0.05) is 39.8 Å². The normalized spacial score (nSPS) is 10.8. The summed E-state index contributed by atoms with van der Waals surface area (Å²) in [6.45, 7) is 0. The van der Waals surface area contributed by atoms with Crippen molar-refractivity contribution in [1.29, 1.82) is 0 Å². The molecule has 11 heteroatoms. The first-order valence-electron chi connectivity index (χ1n) is 12.2. The van der Waals surface area contributed by atoms with Crippen LogP contribution in [0.25, 0.3) is 33.8 Å². The van der Waals surface area contributed by atoms with Gasteiger partial charge in [-0.05, 0) is 60.7 Å². The number of rotatable bonds is 10. The van der Waals surface area contributed by atoms with Crippen molar-refractivity contribution in [3.63, 3.8) is 0 Å². The van der Waals surface area contributed by atoms with Gasteiger partial charge in [-0.2, -0.15) is 0 Å². The van der Waals surface area contributed by atoms with Crippen LogP contribution < -0.4 is 14.8 Å².